The third kappa shape index (κ3) is 1.15. The maximum Gasteiger partial charge on any atom is 0.0704 e. The Morgan fingerprint density at radius 3 is 3.00 bits per heavy atom. The van der Waals surface area contributed by atoms with Gasteiger partial charge in [-0.1, -0.05) is 24.3 Å². The van der Waals surface area contributed by atoms with Gasteiger partial charge in [0, 0.05) is 12.4 Å². The maximum atomic E-state index is 4.14. The van der Waals surface area contributed by atoms with Crippen LogP contribution in [0.4, 0.5) is 0 Å². The molecule has 3 rings (SSSR count). The van der Waals surface area contributed by atoms with Crippen LogP contribution >= 0.6 is 0 Å². The Hall–Kier alpha value is -1.54. The van der Waals surface area contributed by atoms with E-state index in [0.717, 1.165) is 9.13 Å². The molecule has 0 atom stereocenters. The lowest BCUT2D eigenvalue weighted by Crippen LogP contribution is -2.22. The molecule has 2 heteroatoms. The van der Waals surface area contributed by atoms with E-state index < -0.39 is 0 Å². The van der Waals surface area contributed by atoms with Crippen LogP contribution < -0.4 is 10.4 Å². The molecule has 0 fully saturated rings. The van der Waals surface area contributed by atoms with Gasteiger partial charge in [0.1, 0.15) is 0 Å². The van der Waals surface area contributed by atoms with Crippen LogP contribution in [-0.2, 0) is 0 Å². The molecule has 1 radical (unpaired) electrons. The molecule has 0 unspecified atom stereocenters. The Kier molecular flexibility index (Phi) is 1.67. The van der Waals surface area contributed by atoms with Crippen molar-refractivity contribution in [3.8, 4) is 0 Å². The molecule has 1 aromatic heterocycles. The highest BCUT2D eigenvalue weighted by Gasteiger charge is 2.00. The van der Waals surface area contributed by atoms with Crippen molar-refractivity contribution in [1.82, 2.24) is 4.98 Å². The SMILES string of the molecule is C1=c2cnccc2=[Si]c2ccccc21. The summed E-state index contributed by atoms with van der Waals surface area (Å²) in [5.74, 6) is 0. The van der Waals surface area contributed by atoms with Gasteiger partial charge in [0.15, 0.2) is 0 Å². The first-order chi connectivity index (χ1) is 6.93. The summed E-state index contributed by atoms with van der Waals surface area (Å²) in [5.41, 5.74) is 1.34. The predicted molar refractivity (Wildman–Crippen MR) is 58.1 cm³/mol. The topological polar surface area (TPSA) is 12.9 Å². The van der Waals surface area contributed by atoms with E-state index in [1.165, 1.54) is 20.8 Å². The van der Waals surface area contributed by atoms with Crippen LogP contribution in [0.5, 0.6) is 0 Å². The molecule has 14 heavy (non-hydrogen) atoms. The van der Waals surface area contributed by atoms with Gasteiger partial charge < -0.3 is 0 Å². The first kappa shape index (κ1) is 7.82. The molecular weight excluding hydrogens is 186 g/mol. The Morgan fingerprint density at radius 1 is 1.07 bits per heavy atom. The zero-order valence-corrected chi connectivity index (χ0v) is 8.57. The number of benzene rings is 1. The van der Waals surface area contributed by atoms with Crippen LogP contribution in [0.25, 0.3) is 6.08 Å². The Balaban J connectivity index is 2.42. The van der Waals surface area contributed by atoms with E-state index in [9.17, 15) is 0 Å². The fourth-order valence-corrected chi connectivity index (χ4v) is 2.89. The largest absolute Gasteiger partial charge is 0.264 e. The van der Waals surface area contributed by atoms with Gasteiger partial charge in [0.2, 0.25) is 0 Å². The Bertz CT molecular complexity index is 548. The molecule has 1 aliphatic rings. The average Bonchev–Trinajstić information content (AvgIpc) is 2.26. The normalized spacial score (nSPS) is 12.0. The monoisotopic (exact) mass is 194 g/mol. The molecule has 0 aliphatic carbocycles. The van der Waals surface area contributed by atoms with E-state index in [4.69, 9.17) is 0 Å². The highest BCUT2D eigenvalue weighted by atomic mass is 28.2. The van der Waals surface area contributed by atoms with Gasteiger partial charge in [-0.15, -0.1) is 0 Å². The fourth-order valence-electron chi connectivity index (χ4n) is 1.68. The third-order valence-corrected chi connectivity index (χ3v) is 3.84. The highest BCUT2D eigenvalue weighted by molar-refractivity contribution is 6.47. The summed E-state index contributed by atoms with van der Waals surface area (Å²) in [6.07, 6.45) is 6.03. The lowest BCUT2D eigenvalue weighted by molar-refractivity contribution is 1.28. The van der Waals surface area contributed by atoms with E-state index >= 15 is 0 Å². The molecule has 0 spiro atoms. The van der Waals surface area contributed by atoms with Crippen molar-refractivity contribution < 1.29 is 0 Å². The van der Waals surface area contributed by atoms with Gasteiger partial charge in [-0.05, 0) is 32.9 Å². The zero-order chi connectivity index (χ0) is 9.38. The smallest absolute Gasteiger partial charge is 0.0704 e. The number of pyridine rings is 1. The second-order valence-corrected chi connectivity index (χ2v) is 4.65. The molecule has 65 valence electrons. The zero-order valence-electron chi connectivity index (χ0n) is 7.57. The first-order valence-electron chi connectivity index (χ1n) is 4.58. The number of nitrogens with zero attached hydrogens (tertiary/aromatic N) is 1. The van der Waals surface area contributed by atoms with Gasteiger partial charge in [0.25, 0.3) is 0 Å². The summed E-state index contributed by atoms with van der Waals surface area (Å²) in [6, 6.07) is 10.7. The highest BCUT2D eigenvalue weighted by Crippen LogP contribution is 1.98. The molecule has 1 aliphatic heterocycles. The van der Waals surface area contributed by atoms with Crippen molar-refractivity contribution in [1.29, 1.82) is 0 Å². The molecule has 0 saturated carbocycles. The number of fused-ring (bicyclic) bond motifs is 2. The van der Waals surface area contributed by atoms with Crippen LogP contribution in [0.3, 0.4) is 0 Å². The summed E-state index contributed by atoms with van der Waals surface area (Å²) < 4.78 is 0. The number of rotatable bonds is 0. The minimum Gasteiger partial charge on any atom is -0.264 e. The average molecular weight is 194 g/mol. The predicted octanol–water partition coefficient (Wildman–Crippen LogP) is 0.504. The number of hydrogen-bond acceptors (Lipinski definition) is 1. The second-order valence-electron chi connectivity index (χ2n) is 3.32. The molecular formula is C12H8NSi. The summed E-state index contributed by atoms with van der Waals surface area (Å²) in [4.78, 5) is 5.55. The molecule has 0 amide bonds. The van der Waals surface area contributed by atoms with E-state index in [1.54, 1.807) is 0 Å². The summed E-state index contributed by atoms with van der Waals surface area (Å²) in [6.45, 7) is 0. The van der Waals surface area contributed by atoms with E-state index in [0.29, 0.717) is 0 Å². The van der Waals surface area contributed by atoms with Crippen molar-refractivity contribution in [2.75, 3.05) is 0 Å². The number of hydrogen-bond donors (Lipinski definition) is 0. The van der Waals surface area contributed by atoms with Crippen molar-refractivity contribution in [3.05, 3.63) is 58.3 Å². The lowest BCUT2D eigenvalue weighted by atomic mass is 10.2. The standard InChI is InChI=1S/C12H8NSi/c1-2-4-11-9(3-1)7-10-8-13-6-5-12(10)14-11/h1-8H. The Labute approximate surface area is 84.2 Å². The molecule has 0 N–H and O–H groups in total. The van der Waals surface area contributed by atoms with E-state index in [1.807, 2.05) is 12.4 Å². The Morgan fingerprint density at radius 2 is 2.00 bits per heavy atom. The minimum absolute atomic E-state index is 0.773. The quantitative estimate of drug-likeness (QED) is 0.475. The summed E-state index contributed by atoms with van der Waals surface area (Å²) in [5, 5.41) is 2.70. The van der Waals surface area contributed by atoms with Crippen molar-refractivity contribution >= 4 is 20.4 Å². The summed E-state index contributed by atoms with van der Waals surface area (Å²) >= 11 is 0. The molecule has 0 saturated heterocycles. The van der Waals surface area contributed by atoms with Crippen molar-refractivity contribution in [2.45, 2.75) is 0 Å². The van der Waals surface area contributed by atoms with E-state index in [2.05, 4.69) is 41.4 Å². The van der Waals surface area contributed by atoms with Gasteiger partial charge in [-0.25, -0.2) is 0 Å². The van der Waals surface area contributed by atoms with Gasteiger partial charge >= 0.3 is 0 Å². The van der Waals surface area contributed by atoms with Crippen LogP contribution in [0.1, 0.15) is 5.56 Å². The lowest BCUT2D eigenvalue weighted by Gasteiger charge is -2.04. The molecule has 1 nitrogen and oxygen atoms in total. The first-order valence-corrected chi connectivity index (χ1v) is 5.58. The molecule has 2 heterocycles. The minimum atomic E-state index is 0.773. The van der Waals surface area contributed by atoms with Crippen molar-refractivity contribution in [3.63, 3.8) is 0 Å². The van der Waals surface area contributed by atoms with Gasteiger partial charge in [0.05, 0.1) is 9.13 Å². The van der Waals surface area contributed by atoms with Crippen molar-refractivity contribution in [2.24, 2.45) is 0 Å². The molecule has 2 aromatic rings. The molecule has 0 bridgehead atoms. The molecule has 1 aromatic carbocycles. The maximum absolute atomic E-state index is 4.14. The third-order valence-electron chi connectivity index (χ3n) is 2.39. The van der Waals surface area contributed by atoms with Crippen LogP contribution in [0.2, 0.25) is 0 Å². The number of aromatic nitrogens is 1. The fraction of sp³-hybridized carbons (Fsp3) is 0. The van der Waals surface area contributed by atoms with Gasteiger partial charge in [-0.2, -0.15) is 0 Å². The second kappa shape index (κ2) is 2.99. The van der Waals surface area contributed by atoms with Gasteiger partial charge in [-0.3, -0.25) is 4.98 Å². The van der Waals surface area contributed by atoms with Crippen LogP contribution in [0, 0.1) is 4.81 Å². The van der Waals surface area contributed by atoms with Crippen LogP contribution in [0.15, 0.2) is 42.7 Å². The summed E-state index contributed by atoms with van der Waals surface area (Å²) in [7, 11) is 0.773. The van der Waals surface area contributed by atoms with E-state index in [-0.39, 0.29) is 0 Å². The van der Waals surface area contributed by atoms with Crippen LogP contribution in [-0.4, -0.2) is 14.1 Å².